The minimum Gasteiger partial charge on any atom is -0.406 e. The van der Waals surface area contributed by atoms with Gasteiger partial charge in [0.2, 0.25) is 0 Å². The molecule has 0 saturated carbocycles. The van der Waals surface area contributed by atoms with E-state index in [2.05, 4.69) is 37.5 Å². The maximum absolute atomic E-state index is 14.5. The molecule has 3 nitrogen and oxygen atoms in total. The summed E-state index contributed by atoms with van der Waals surface area (Å²) in [5, 5.41) is 3.25. The van der Waals surface area contributed by atoms with Gasteiger partial charge in [-0.2, -0.15) is 0 Å². The van der Waals surface area contributed by atoms with E-state index in [1.807, 2.05) is 0 Å². The molecule has 1 fully saturated rings. The molecule has 140 valence electrons. The summed E-state index contributed by atoms with van der Waals surface area (Å²) in [7, 11) is 0. The molecule has 0 spiro atoms. The Bertz CT molecular complexity index is 746. The number of ether oxygens (including phenoxy) is 1. The highest BCUT2D eigenvalue weighted by atomic mass is 127. The van der Waals surface area contributed by atoms with Gasteiger partial charge in [0.05, 0.1) is 6.04 Å². The number of benzene rings is 2. The molecule has 1 heterocycles. The maximum atomic E-state index is 14.5. The minimum atomic E-state index is -4.74. The lowest BCUT2D eigenvalue weighted by Crippen LogP contribution is -2.45. The molecule has 0 radical (unpaired) electrons. The summed E-state index contributed by atoms with van der Waals surface area (Å²) in [5.74, 6) is -0.618. The Hall–Kier alpha value is -1.39. The monoisotopic (exact) mass is 480 g/mol. The summed E-state index contributed by atoms with van der Waals surface area (Å²) >= 11 is 2.12. The Labute approximate surface area is 162 Å². The summed E-state index contributed by atoms with van der Waals surface area (Å²) in [5.41, 5.74) is 1.24. The molecule has 1 atom stereocenters. The molecule has 2 aromatic carbocycles. The molecule has 0 aliphatic carbocycles. The lowest BCUT2D eigenvalue weighted by Gasteiger charge is -2.35. The Morgan fingerprint density at radius 3 is 2.31 bits per heavy atom. The van der Waals surface area contributed by atoms with Gasteiger partial charge in [-0.3, -0.25) is 4.90 Å². The van der Waals surface area contributed by atoms with Crippen LogP contribution in [0.3, 0.4) is 0 Å². The van der Waals surface area contributed by atoms with Crippen LogP contribution in [-0.4, -0.2) is 37.4 Å². The zero-order chi connectivity index (χ0) is 18.7. The first-order chi connectivity index (χ1) is 12.3. The van der Waals surface area contributed by atoms with E-state index in [1.54, 1.807) is 24.3 Å². The van der Waals surface area contributed by atoms with E-state index in [0.717, 1.165) is 35.3 Å². The van der Waals surface area contributed by atoms with Crippen LogP contribution in [0.2, 0.25) is 0 Å². The smallest absolute Gasteiger partial charge is 0.406 e. The molecule has 1 aliphatic heterocycles. The zero-order valence-electron chi connectivity index (χ0n) is 13.7. The van der Waals surface area contributed by atoms with Crippen LogP contribution in [0.4, 0.5) is 17.6 Å². The normalized spacial score (nSPS) is 17.1. The molecule has 1 N–H and O–H groups in total. The summed E-state index contributed by atoms with van der Waals surface area (Å²) in [4.78, 5) is 2.13. The van der Waals surface area contributed by atoms with Gasteiger partial charge in [0.25, 0.3) is 0 Å². The standard InChI is InChI=1S/C18H17F4IN2O/c19-16-6-3-13(23)11-15(16)17(25-9-7-24-8-10-25)12-1-4-14(5-2-12)26-18(20,21)22/h1-6,11,17,24H,7-10H2/t17-/m0/s1. The predicted molar refractivity (Wildman–Crippen MR) is 98.5 cm³/mol. The number of halogens is 5. The summed E-state index contributed by atoms with van der Waals surface area (Å²) in [6, 6.07) is 10.2. The average Bonchev–Trinajstić information content (AvgIpc) is 2.59. The van der Waals surface area contributed by atoms with Gasteiger partial charge in [-0.15, -0.1) is 13.2 Å². The Kier molecular flexibility index (Phi) is 6.03. The van der Waals surface area contributed by atoms with Crippen molar-refractivity contribution >= 4 is 22.6 Å². The fraction of sp³-hybridized carbons (Fsp3) is 0.333. The van der Waals surface area contributed by atoms with E-state index in [1.165, 1.54) is 18.2 Å². The second-order valence-corrected chi connectivity index (χ2v) is 7.22. The first kappa shape index (κ1) is 19.4. The fourth-order valence-electron chi connectivity index (χ4n) is 3.10. The largest absolute Gasteiger partial charge is 0.573 e. The van der Waals surface area contributed by atoms with Gasteiger partial charge >= 0.3 is 6.36 Å². The third-order valence-corrected chi connectivity index (χ3v) is 4.87. The van der Waals surface area contributed by atoms with E-state index < -0.39 is 6.36 Å². The predicted octanol–water partition coefficient (Wildman–Crippen LogP) is 4.32. The molecule has 1 aliphatic rings. The van der Waals surface area contributed by atoms with Crippen molar-refractivity contribution in [2.24, 2.45) is 0 Å². The second kappa shape index (κ2) is 8.10. The third-order valence-electron chi connectivity index (χ3n) is 4.20. The van der Waals surface area contributed by atoms with Crippen LogP contribution in [0.15, 0.2) is 42.5 Å². The molecule has 1 saturated heterocycles. The van der Waals surface area contributed by atoms with E-state index in [0.29, 0.717) is 5.56 Å². The van der Waals surface area contributed by atoms with Gasteiger partial charge in [-0.25, -0.2) is 4.39 Å². The fourth-order valence-corrected chi connectivity index (χ4v) is 3.62. The van der Waals surface area contributed by atoms with E-state index in [4.69, 9.17) is 0 Å². The molecule has 0 aromatic heterocycles. The summed E-state index contributed by atoms with van der Waals surface area (Å²) < 4.78 is 56.5. The number of hydrogen-bond acceptors (Lipinski definition) is 3. The zero-order valence-corrected chi connectivity index (χ0v) is 15.9. The van der Waals surface area contributed by atoms with Gasteiger partial charge in [-0.1, -0.05) is 12.1 Å². The van der Waals surface area contributed by atoms with Crippen LogP contribution in [-0.2, 0) is 0 Å². The first-order valence-corrected chi connectivity index (χ1v) is 9.17. The summed E-state index contributed by atoms with van der Waals surface area (Å²) in [6.45, 7) is 2.99. The van der Waals surface area contributed by atoms with Crippen LogP contribution in [0, 0.1) is 9.39 Å². The van der Waals surface area contributed by atoms with Crippen LogP contribution >= 0.6 is 22.6 Å². The van der Waals surface area contributed by atoms with Crippen molar-refractivity contribution < 1.29 is 22.3 Å². The van der Waals surface area contributed by atoms with Crippen LogP contribution in [0.5, 0.6) is 5.75 Å². The maximum Gasteiger partial charge on any atom is 0.573 e. The van der Waals surface area contributed by atoms with Gasteiger partial charge in [0.1, 0.15) is 11.6 Å². The molecule has 0 bridgehead atoms. The van der Waals surface area contributed by atoms with Crippen molar-refractivity contribution in [2.45, 2.75) is 12.4 Å². The Morgan fingerprint density at radius 1 is 1.04 bits per heavy atom. The van der Waals surface area contributed by atoms with Gasteiger partial charge in [0, 0.05) is 35.3 Å². The van der Waals surface area contributed by atoms with Gasteiger partial charge in [0.15, 0.2) is 0 Å². The average molecular weight is 480 g/mol. The first-order valence-electron chi connectivity index (χ1n) is 8.09. The summed E-state index contributed by atoms with van der Waals surface area (Å²) in [6.07, 6.45) is -4.74. The molecular formula is C18H17F4IN2O. The van der Waals surface area contributed by atoms with Crippen LogP contribution in [0.1, 0.15) is 17.2 Å². The van der Waals surface area contributed by atoms with Crippen molar-refractivity contribution in [3.05, 3.63) is 63.0 Å². The SMILES string of the molecule is Fc1ccc(I)cc1[C@H](c1ccc(OC(F)(F)F)cc1)N1CCNCC1. The number of piperazine rings is 1. The van der Waals surface area contributed by atoms with Crippen LogP contribution in [0.25, 0.3) is 0 Å². The lowest BCUT2D eigenvalue weighted by molar-refractivity contribution is -0.274. The highest BCUT2D eigenvalue weighted by Crippen LogP contribution is 2.33. The topological polar surface area (TPSA) is 24.5 Å². The quantitative estimate of drug-likeness (QED) is 0.522. The Morgan fingerprint density at radius 2 is 1.69 bits per heavy atom. The third kappa shape index (κ3) is 4.86. The molecule has 2 aromatic rings. The van der Waals surface area contributed by atoms with E-state index in [9.17, 15) is 17.6 Å². The van der Waals surface area contributed by atoms with Crippen molar-refractivity contribution in [1.82, 2.24) is 10.2 Å². The van der Waals surface area contributed by atoms with E-state index >= 15 is 0 Å². The lowest BCUT2D eigenvalue weighted by atomic mass is 9.96. The molecule has 0 unspecified atom stereocenters. The minimum absolute atomic E-state index is 0.288. The molecule has 0 amide bonds. The van der Waals surface area contributed by atoms with Crippen molar-refractivity contribution in [1.29, 1.82) is 0 Å². The van der Waals surface area contributed by atoms with Crippen LogP contribution < -0.4 is 10.1 Å². The Balaban J connectivity index is 1.96. The van der Waals surface area contributed by atoms with Crippen molar-refractivity contribution in [3.63, 3.8) is 0 Å². The molecule has 3 rings (SSSR count). The number of rotatable bonds is 4. The number of alkyl halides is 3. The van der Waals surface area contributed by atoms with Crippen molar-refractivity contribution in [2.75, 3.05) is 26.2 Å². The molecular weight excluding hydrogens is 463 g/mol. The van der Waals surface area contributed by atoms with E-state index in [-0.39, 0.29) is 17.6 Å². The number of nitrogens with zero attached hydrogens (tertiary/aromatic N) is 1. The van der Waals surface area contributed by atoms with Crippen molar-refractivity contribution in [3.8, 4) is 5.75 Å². The van der Waals surface area contributed by atoms with Gasteiger partial charge < -0.3 is 10.1 Å². The van der Waals surface area contributed by atoms with Gasteiger partial charge in [-0.05, 0) is 58.5 Å². The molecule has 26 heavy (non-hydrogen) atoms. The molecule has 8 heteroatoms. The number of hydrogen-bond donors (Lipinski definition) is 1. The second-order valence-electron chi connectivity index (χ2n) is 5.97. The number of nitrogens with one attached hydrogen (secondary N) is 1. The highest BCUT2D eigenvalue weighted by Gasteiger charge is 2.31. The highest BCUT2D eigenvalue weighted by molar-refractivity contribution is 14.1.